The highest BCUT2D eigenvalue weighted by atomic mass is 35.5. The average molecular weight is 390 g/mol. The Morgan fingerprint density at radius 1 is 1.12 bits per heavy atom. The van der Waals surface area contributed by atoms with E-state index >= 15 is 0 Å². The molecule has 1 N–H and O–H groups in total. The van der Waals surface area contributed by atoms with Gasteiger partial charge in [0, 0.05) is 16.3 Å². The molecule has 0 aromatic heterocycles. The number of rotatable bonds is 3. The van der Waals surface area contributed by atoms with Crippen molar-refractivity contribution in [1.29, 1.82) is 0 Å². The van der Waals surface area contributed by atoms with Crippen LogP contribution in [0.1, 0.15) is 5.56 Å². The van der Waals surface area contributed by atoms with Crippen molar-refractivity contribution in [3.05, 3.63) is 58.1 Å². The topological polar surface area (TPSA) is 78.8 Å². The average Bonchev–Trinajstić information content (AvgIpc) is 2.57. The number of imide groups is 2. The van der Waals surface area contributed by atoms with Gasteiger partial charge < -0.3 is 0 Å². The molecule has 1 heterocycles. The molecule has 0 bridgehead atoms. The second-order valence-corrected chi connectivity index (χ2v) is 6.48. The van der Waals surface area contributed by atoms with Gasteiger partial charge in [0.1, 0.15) is 0 Å². The van der Waals surface area contributed by atoms with Crippen LogP contribution in [0.2, 0.25) is 10.0 Å². The number of nitrogens with zero attached hydrogens (tertiary/aromatic N) is 2. The lowest BCUT2D eigenvalue weighted by Gasteiger charge is -2.28. The summed E-state index contributed by atoms with van der Waals surface area (Å²) in [6.07, 6.45) is 1.20. The number of halogens is 2. The maximum absolute atomic E-state index is 12.7. The van der Waals surface area contributed by atoms with Crippen LogP contribution in [0.3, 0.4) is 0 Å². The third-order valence-electron chi connectivity index (χ3n) is 3.80. The molecule has 1 unspecified atom stereocenters. The van der Waals surface area contributed by atoms with Crippen LogP contribution in [0.25, 0.3) is 0 Å². The minimum absolute atomic E-state index is 0.268. The van der Waals surface area contributed by atoms with Gasteiger partial charge in [-0.25, -0.2) is 9.69 Å². The number of carbonyl (C=O) groups is 3. The first-order chi connectivity index (χ1) is 12.4. The summed E-state index contributed by atoms with van der Waals surface area (Å²) in [5, 5.41) is 3.04. The summed E-state index contributed by atoms with van der Waals surface area (Å²) in [6.45, 7) is 1.85. The number of aryl methyl sites for hydroxylation is 1. The molecule has 8 heteroatoms. The molecule has 1 atom stereocenters. The highest BCUT2D eigenvalue weighted by Crippen LogP contribution is 2.25. The largest absolute Gasteiger partial charge is 0.335 e. The zero-order chi connectivity index (χ0) is 18.8. The fourth-order valence-electron chi connectivity index (χ4n) is 2.40. The molecular weight excluding hydrogens is 377 g/mol. The predicted molar refractivity (Wildman–Crippen MR) is 100 cm³/mol. The zero-order valence-corrected chi connectivity index (χ0v) is 15.1. The Kier molecular flexibility index (Phi) is 5.06. The predicted octanol–water partition coefficient (Wildman–Crippen LogP) is 3.90. The van der Waals surface area contributed by atoms with Gasteiger partial charge in [0.15, 0.2) is 5.92 Å². The second kappa shape index (κ2) is 7.27. The van der Waals surface area contributed by atoms with Crippen LogP contribution in [0, 0.1) is 12.8 Å². The molecule has 0 radical (unpaired) electrons. The van der Waals surface area contributed by atoms with E-state index in [1.54, 1.807) is 36.4 Å². The van der Waals surface area contributed by atoms with Crippen molar-refractivity contribution >= 4 is 58.6 Å². The first-order valence-electron chi connectivity index (χ1n) is 7.61. The first kappa shape index (κ1) is 18.1. The number of hydrogen-bond acceptors (Lipinski definition) is 4. The summed E-state index contributed by atoms with van der Waals surface area (Å²) in [6, 6.07) is 10.5. The Morgan fingerprint density at radius 3 is 2.58 bits per heavy atom. The van der Waals surface area contributed by atoms with Gasteiger partial charge in [0.05, 0.1) is 11.4 Å². The Labute approximate surface area is 159 Å². The number of carbonyl (C=O) groups excluding carboxylic acids is 3. The number of urea groups is 1. The number of anilines is 1. The molecule has 2 aromatic rings. The number of barbiturate groups is 1. The van der Waals surface area contributed by atoms with Crippen LogP contribution in [0.4, 0.5) is 16.2 Å². The lowest BCUT2D eigenvalue weighted by Crippen LogP contribution is -2.58. The first-order valence-corrected chi connectivity index (χ1v) is 8.37. The molecule has 0 spiro atoms. The second-order valence-electron chi connectivity index (χ2n) is 5.64. The monoisotopic (exact) mass is 389 g/mol. The Morgan fingerprint density at radius 2 is 1.88 bits per heavy atom. The SMILES string of the molecule is Cc1ccc(N=CC2C(=O)NC(=O)N(c3cccc(Cl)c3)C2=O)cc1Cl. The number of amides is 4. The van der Waals surface area contributed by atoms with E-state index in [-0.39, 0.29) is 5.69 Å². The molecule has 132 valence electrons. The molecular formula is C18H13Cl2N3O3. The van der Waals surface area contributed by atoms with E-state index in [0.29, 0.717) is 15.7 Å². The standard InChI is InChI=1S/C18H13Cl2N3O3/c1-10-5-6-12(8-15(10)20)21-9-14-16(24)22-18(26)23(17(14)25)13-4-2-3-11(19)7-13/h2-9,14H,1H3,(H,22,24,26). The van der Waals surface area contributed by atoms with Crippen molar-refractivity contribution in [1.82, 2.24) is 5.32 Å². The van der Waals surface area contributed by atoms with Crippen LogP contribution >= 0.6 is 23.2 Å². The third kappa shape index (κ3) is 3.61. The highest BCUT2D eigenvalue weighted by molar-refractivity contribution is 6.34. The minimum Gasteiger partial charge on any atom is -0.276 e. The highest BCUT2D eigenvalue weighted by Gasteiger charge is 2.40. The van der Waals surface area contributed by atoms with Crippen molar-refractivity contribution in [3.8, 4) is 0 Å². The van der Waals surface area contributed by atoms with Gasteiger partial charge in [-0.2, -0.15) is 0 Å². The summed E-state index contributed by atoms with van der Waals surface area (Å²) < 4.78 is 0. The van der Waals surface area contributed by atoms with Crippen LogP contribution in [0.5, 0.6) is 0 Å². The maximum atomic E-state index is 12.7. The van der Waals surface area contributed by atoms with Crippen molar-refractivity contribution in [2.75, 3.05) is 4.90 Å². The molecule has 0 saturated carbocycles. The van der Waals surface area contributed by atoms with Crippen LogP contribution in [-0.2, 0) is 9.59 Å². The quantitative estimate of drug-likeness (QED) is 0.638. The van der Waals surface area contributed by atoms with Crippen molar-refractivity contribution in [2.45, 2.75) is 6.92 Å². The van der Waals surface area contributed by atoms with Crippen LogP contribution in [0.15, 0.2) is 47.5 Å². The zero-order valence-electron chi connectivity index (χ0n) is 13.6. The van der Waals surface area contributed by atoms with E-state index < -0.39 is 23.8 Å². The third-order valence-corrected chi connectivity index (χ3v) is 4.44. The molecule has 1 fully saturated rings. The maximum Gasteiger partial charge on any atom is 0.335 e. The van der Waals surface area contributed by atoms with E-state index in [4.69, 9.17) is 23.2 Å². The molecule has 1 aliphatic heterocycles. The molecule has 6 nitrogen and oxygen atoms in total. The number of hydrogen-bond donors (Lipinski definition) is 1. The van der Waals surface area contributed by atoms with Gasteiger partial charge in [0.2, 0.25) is 5.91 Å². The normalized spacial score (nSPS) is 17.7. The van der Waals surface area contributed by atoms with Gasteiger partial charge in [-0.3, -0.25) is 19.9 Å². The van der Waals surface area contributed by atoms with E-state index in [9.17, 15) is 14.4 Å². The number of benzene rings is 2. The molecule has 1 aliphatic rings. The lowest BCUT2D eigenvalue weighted by molar-refractivity contribution is -0.131. The van der Waals surface area contributed by atoms with Gasteiger partial charge in [-0.05, 0) is 42.8 Å². The van der Waals surface area contributed by atoms with Gasteiger partial charge in [-0.1, -0.05) is 35.3 Å². The summed E-state index contributed by atoms with van der Waals surface area (Å²) in [7, 11) is 0. The van der Waals surface area contributed by atoms with Gasteiger partial charge >= 0.3 is 6.03 Å². The Balaban J connectivity index is 1.90. The van der Waals surface area contributed by atoms with Gasteiger partial charge in [0.25, 0.3) is 5.91 Å². The molecule has 0 aliphatic carbocycles. The Bertz CT molecular complexity index is 943. The number of nitrogens with one attached hydrogen (secondary N) is 1. The summed E-state index contributed by atoms with van der Waals surface area (Å²) >= 11 is 12.0. The summed E-state index contributed by atoms with van der Waals surface area (Å²) in [5.41, 5.74) is 1.64. The van der Waals surface area contributed by atoms with Gasteiger partial charge in [-0.15, -0.1) is 0 Å². The van der Waals surface area contributed by atoms with Crippen LogP contribution in [-0.4, -0.2) is 24.1 Å². The Hall–Kier alpha value is -2.70. The summed E-state index contributed by atoms with van der Waals surface area (Å²) in [4.78, 5) is 41.9. The molecule has 1 saturated heterocycles. The fourth-order valence-corrected chi connectivity index (χ4v) is 2.76. The molecule has 26 heavy (non-hydrogen) atoms. The minimum atomic E-state index is -1.24. The van der Waals surface area contributed by atoms with E-state index in [1.165, 1.54) is 12.3 Å². The van der Waals surface area contributed by atoms with Crippen molar-refractivity contribution in [2.24, 2.45) is 10.9 Å². The number of aliphatic imine (C=N–C) groups is 1. The molecule has 2 aromatic carbocycles. The van der Waals surface area contributed by atoms with Crippen molar-refractivity contribution in [3.63, 3.8) is 0 Å². The van der Waals surface area contributed by atoms with Crippen LogP contribution < -0.4 is 10.2 Å². The van der Waals surface area contributed by atoms with E-state index in [1.807, 2.05) is 6.92 Å². The fraction of sp³-hybridized carbons (Fsp3) is 0.111. The lowest BCUT2D eigenvalue weighted by atomic mass is 10.1. The van der Waals surface area contributed by atoms with E-state index in [0.717, 1.165) is 10.5 Å². The smallest absolute Gasteiger partial charge is 0.276 e. The molecule has 3 rings (SSSR count). The van der Waals surface area contributed by atoms with E-state index in [2.05, 4.69) is 10.3 Å². The van der Waals surface area contributed by atoms with Crippen molar-refractivity contribution < 1.29 is 14.4 Å². The summed E-state index contributed by atoms with van der Waals surface area (Å²) in [5.74, 6) is -2.69. The molecule has 4 amide bonds.